The topological polar surface area (TPSA) is 41.1 Å². The lowest BCUT2D eigenvalue weighted by Gasteiger charge is -2.23. The maximum Gasteiger partial charge on any atom is 0.251 e. The molecule has 3 rings (SSSR count). The minimum Gasteiger partial charge on any atom is -0.348 e. The molecule has 94 valence electrons. The van der Waals surface area contributed by atoms with E-state index >= 15 is 0 Å². The van der Waals surface area contributed by atoms with Crippen molar-refractivity contribution in [2.45, 2.75) is 18.9 Å². The molecule has 1 atom stereocenters. The van der Waals surface area contributed by atoms with Gasteiger partial charge in [0.15, 0.2) is 0 Å². The molecule has 3 nitrogen and oxygen atoms in total. The molecule has 0 spiro atoms. The van der Waals surface area contributed by atoms with Crippen LogP contribution in [0.2, 0.25) is 0 Å². The number of carbonyl (C=O) groups is 1. The molecule has 1 aliphatic rings. The Hall–Kier alpha value is -1.39. The van der Waals surface area contributed by atoms with Crippen molar-refractivity contribution in [1.82, 2.24) is 10.6 Å². The second-order valence-electron chi connectivity index (χ2n) is 4.69. The highest BCUT2D eigenvalue weighted by molar-refractivity contribution is 7.17. The first-order chi connectivity index (χ1) is 8.83. The number of rotatable bonds is 2. The number of fused-ring (bicyclic) bond motifs is 1. The zero-order valence-corrected chi connectivity index (χ0v) is 10.9. The van der Waals surface area contributed by atoms with E-state index < -0.39 is 0 Å². The summed E-state index contributed by atoms with van der Waals surface area (Å²) in [6, 6.07) is 8.22. The van der Waals surface area contributed by atoms with Gasteiger partial charge in [0, 0.05) is 22.8 Å². The summed E-state index contributed by atoms with van der Waals surface area (Å²) >= 11 is 1.70. The van der Waals surface area contributed by atoms with E-state index in [0.717, 1.165) is 36.9 Å². The normalized spacial score (nSPS) is 19.9. The Bertz CT molecular complexity index is 558. The summed E-state index contributed by atoms with van der Waals surface area (Å²) in [5.41, 5.74) is 0.756. The molecule has 0 radical (unpaired) electrons. The number of amides is 1. The number of hydrogen-bond acceptors (Lipinski definition) is 3. The van der Waals surface area contributed by atoms with Gasteiger partial charge in [0.1, 0.15) is 0 Å². The number of thiophene rings is 1. The zero-order valence-electron chi connectivity index (χ0n) is 10.1. The van der Waals surface area contributed by atoms with Gasteiger partial charge in [-0.15, -0.1) is 11.3 Å². The van der Waals surface area contributed by atoms with Crippen LogP contribution in [0.3, 0.4) is 0 Å². The van der Waals surface area contributed by atoms with Crippen molar-refractivity contribution < 1.29 is 4.79 Å². The first-order valence-electron chi connectivity index (χ1n) is 6.32. The quantitative estimate of drug-likeness (QED) is 0.870. The van der Waals surface area contributed by atoms with Crippen LogP contribution in [0.1, 0.15) is 23.2 Å². The lowest BCUT2D eigenvalue weighted by atomic mass is 10.1. The second kappa shape index (κ2) is 5.08. The minimum atomic E-state index is 0.0387. The molecular weight excluding hydrogens is 244 g/mol. The van der Waals surface area contributed by atoms with Gasteiger partial charge in [-0.25, -0.2) is 0 Å². The fourth-order valence-corrected chi connectivity index (χ4v) is 3.12. The molecule has 1 aromatic heterocycles. The highest BCUT2D eigenvalue weighted by Gasteiger charge is 2.16. The zero-order chi connectivity index (χ0) is 12.4. The molecule has 4 heteroatoms. The first kappa shape index (κ1) is 11.7. The van der Waals surface area contributed by atoms with Gasteiger partial charge in [0.2, 0.25) is 0 Å². The first-order valence-corrected chi connectivity index (χ1v) is 7.20. The predicted molar refractivity (Wildman–Crippen MR) is 75.2 cm³/mol. The minimum absolute atomic E-state index is 0.0387. The predicted octanol–water partition coefficient (Wildman–Crippen LogP) is 2.38. The van der Waals surface area contributed by atoms with Crippen LogP contribution >= 0.6 is 11.3 Å². The van der Waals surface area contributed by atoms with Crippen molar-refractivity contribution in [2.24, 2.45) is 0 Å². The van der Waals surface area contributed by atoms with Gasteiger partial charge >= 0.3 is 0 Å². The molecule has 1 amide bonds. The fourth-order valence-electron chi connectivity index (χ4n) is 2.35. The van der Waals surface area contributed by atoms with E-state index in [4.69, 9.17) is 0 Å². The van der Waals surface area contributed by atoms with Crippen molar-refractivity contribution in [3.8, 4) is 0 Å². The average Bonchev–Trinajstić information content (AvgIpc) is 2.87. The second-order valence-corrected chi connectivity index (χ2v) is 5.64. The van der Waals surface area contributed by atoms with Crippen LogP contribution in [0.25, 0.3) is 10.1 Å². The van der Waals surface area contributed by atoms with Crippen LogP contribution < -0.4 is 10.6 Å². The fraction of sp³-hybridized carbons (Fsp3) is 0.357. The Morgan fingerprint density at radius 2 is 2.33 bits per heavy atom. The van der Waals surface area contributed by atoms with Crippen LogP contribution in [0.15, 0.2) is 29.6 Å². The van der Waals surface area contributed by atoms with Crippen molar-refractivity contribution in [1.29, 1.82) is 0 Å². The molecule has 1 fully saturated rings. The maximum absolute atomic E-state index is 12.1. The summed E-state index contributed by atoms with van der Waals surface area (Å²) < 4.78 is 1.23. The van der Waals surface area contributed by atoms with Gasteiger partial charge in [-0.2, -0.15) is 0 Å². The van der Waals surface area contributed by atoms with E-state index in [2.05, 4.69) is 22.1 Å². The molecule has 1 aromatic carbocycles. The summed E-state index contributed by atoms with van der Waals surface area (Å²) in [7, 11) is 0. The van der Waals surface area contributed by atoms with E-state index in [1.165, 1.54) is 4.70 Å². The molecule has 1 unspecified atom stereocenters. The lowest BCUT2D eigenvalue weighted by molar-refractivity contribution is 0.0931. The molecule has 2 N–H and O–H groups in total. The summed E-state index contributed by atoms with van der Waals surface area (Å²) in [5.74, 6) is 0.0387. The van der Waals surface area contributed by atoms with E-state index in [1.807, 2.05) is 18.2 Å². The third-order valence-corrected chi connectivity index (χ3v) is 4.24. The highest BCUT2D eigenvalue weighted by Crippen LogP contribution is 2.21. The molecule has 2 heterocycles. The molecule has 18 heavy (non-hydrogen) atoms. The van der Waals surface area contributed by atoms with Crippen LogP contribution in [0.4, 0.5) is 0 Å². The monoisotopic (exact) mass is 260 g/mol. The molecule has 1 saturated heterocycles. The SMILES string of the molecule is O=C(NC1CCCNC1)c1ccc2sccc2c1. The van der Waals surface area contributed by atoms with Crippen molar-refractivity contribution in [2.75, 3.05) is 13.1 Å². The summed E-state index contributed by atoms with van der Waals surface area (Å²) in [6.07, 6.45) is 2.20. The Morgan fingerprint density at radius 3 is 3.17 bits per heavy atom. The molecule has 2 aromatic rings. The smallest absolute Gasteiger partial charge is 0.251 e. The highest BCUT2D eigenvalue weighted by atomic mass is 32.1. The van der Waals surface area contributed by atoms with E-state index in [0.29, 0.717) is 0 Å². The number of hydrogen-bond donors (Lipinski definition) is 2. The van der Waals surface area contributed by atoms with Crippen molar-refractivity contribution in [3.63, 3.8) is 0 Å². The summed E-state index contributed by atoms with van der Waals surface area (Å²) in [5, 5.41) is 9.60. The third kappa shape index (κ3) is 2.40. The third-order valence-electron chi connectivity index (χ3n) is 3.35. The van der Waals surface area contributed by atoms with Crippen LogP contribution in [0.5, 0.6) is 0 Å². The Balaban J connectivity index is 1.74. The van der Waals surface area contributed by atoms with Gasteiger partial charge in [0.25, 0.3) is 5.91 Å². The molecule has 1 aliphatic heterocycles. The maximum atomic E-state index is 12.1. The number of carbonyl (C=O) groups excluding carboxylic acids is 1. The number of piperidine rings is 1. The van der Waals surface area contributed by atoms with Crippen LogP contribution in [0, 0.1) is 0 Å². The van der Waals surface area contributed by atoms with Crippen molar-refractivity contribution in [3.05, 3.63) is 35.2 Å². The standard InChI is InChI=1S/C14H16N2OS/c17-14(16-12-2-1-6-15-9-12)11-3-4-13-10(8-11)5-7-18-13/h3-5,7-8,12,15H,1-2,6,9H2,(H,16,17). The van der Waals surface area contributed by atoms with E-state index in [9.17, 15) is 4.79 Å². The molecular formula is C14H16N2OS. The molecule has 0 bridgehead atoms. The Labute approximate surface area is 110 Å². The van der Waals surface area contributed by atoms with Crippen LogP contribution in [-0.2, 0) is 0 Å². The van der Waals surface area contributed by atoms with Gasteiger partial charge in [-0.3, -0.25) is 4.79 Å². The average molecular weight is 260 g/mol. The Kier molecular flexibility index (Phi) is 3.30. The lowest BCUT2D eigenvalue weighted by Crippen LogP contribution is -2.45. The number of benzene rings is 1. The van der Waals surface area contributed by atoms with Crippen LogP contribution in [-0.4, -0.2) is 25.0 Å². The Morgan fingerprint density at radius 1 is 1.39 bits per heavy atom. The van der Waals surface area contributed by atoms with E-state index in [-0.39, 0.29) is 11.9 Å². The molecule has 0 aliphatic carbocycles. The van der Waals surface area contributed by atoms with Crippen molar-refractivity contribution >= 4 is 27.3 Å². The largest absolute Gasteiger partial charge is 0.348 e. The molecule has 0 saturated carbocycles. The van der Waals surface area contributed by atoms with Gasteiger partial charge in [0.05, 0.1) is 0 Å². The van der Waals surface area contributed by atoms with Gasteiger partial charge < -0.3 is 10.6 Å². The summed E-state index contributed by atoms with van der Waals surface area (Å²) in [6.45, 7) is 1.94. The number of nitrogens with one attached hydrogen (secondary N) is 2. The van der Waals surface area contributed by atoms with Gasteiger partial charge in [-0.1, -0.05) is 0 Å². The van der Waals surface area contributed by atoms with Gasteiger partial charge in [-0.05, 0) is 54.4 Å². The summed E-state index contributed by atoms with van der Waals surface area (Å²) in [4.78, 5) is 12.1. The van der Waals surface area contributed by atoms with E-state index in [1.54, 1.807) is 11.3 Å².